The van der Waals surface area contributed by atoms with E-state index in [0.717, 1.165) is 84.5 Å². The van der Waals surface area contributed by atoms with Crippen molar-refractivity contribution < 1.29 is 53.3 Å². The van der Waals surface area contributed by atoms with Gasteiger partial charge in [-0.15, -0.1) is 0 Å². The second kappa shape index (κ2) is 20.0. The highest BCUT2D eigenvalue weighted by Crippen LogP contribution is 2.46. The lowest BCUT2D eigenvalue weighted by Gasteiger charge is -2.40. The van der Waals surface area contributed by atoms with Gasteiger partial charge in [0.1, 0.15) is 28.8 Å². The molecule has 10 nitrogen and oxygen atoms in total. The zero-order valence-electron chi connectivity index (χ0n) is 40.2. The fraction of sp³-hybridized carbons (Fsp3) is 0.0656. The number of pyridine rings is 3. The van der Waals surface area contributed by atoms with E-state index in [1.165, 1.54) is 30.3 Å². The van der Waals surface area contributed by atoms with Crippen molar-refractivity contribution >= 4 is 7.85 Å². The number of rotatable bonds is 13. The summed E-state index contributed by atoms with van der Waals surface area (Å²) in [5.41, 5.74) is 1.39. The van der Waals surface area contributed by atoms with Gasteiger partial charge in [-0.3, -0.25) is 15.0 Å². The summed E-state index contributed by atoms with van der Waals surface area (Å²) in [6, 6.07) is 49.9. The third-order valence-electron chi connectivity index (χ3n) is 13.6. The van der Waals surface area contributed by atoms with Gasteiger partial charge >= 0.3 is 0 Å². The van der Waals surface area contributed by atoms with Crippen LogP contribution in [-0.4, -0.2) is 58.5 Å². The topological polar surface area (TPSA) is 180 Å². The second-order valence-electron chi connectivity index (χ2n) is 18.5. The Labute approximate surface area is 433 Å². The van der Waals surface area contributed by atoms with Crippen molar-refractivity contribution in [1.29, 1.82) is 0 Å². The molecule has 3 heterocycles. The van der Waals surface area contributed by atoms with E-state index < -0.39 is 62.8 Å². The van der Waals surface area contributed by atoms with Gasteiger partial charge in [-0.2, -0.15) is 0 Å². The van der Waals surface area contributed by atoms with E-state index in [0.29, 0.717) is 34.5 Å². The SMILES string of the molecule is BC(O)(c1ccc(-c2ccc(F)cc2F)nc1)C(O)(O)c1cc(-c2ccccc2-c2cnc(-c3ccccc3)cc2-c2ccc(-c3ccccc3)cc2)cc(C(O)(O)C(O)(O)c2ccc(-c3ccc(F)cc3F)nc2)c1. The molecule has 7 aromatic carbocycles. The van der Waals surface area contributed by atoms with Crippen LogP contribution >= 0.6 is 0 Å². The van der Waals surface area contributed by atoms with Gasteiger partial charge in [0.25, 0.3) is 11.6 Å². The zero-order valence-corrected chi connectivity index (χ0v) is 40.2. The third kappa shape index (κ3) is 9.48. The maximum atomic E-state index is 14.8. The lowest BCUT2D eigenvalue weighted by atomic mass is 9.67. The molecule has 3 aromatic heterocycles. The first-order chi connectivity index (χ1) is 36.3. The summed E-state index contributed by atoms with van der Waals surface area (Å²) in [5, 5.41) is 84.8. The number of hydrogen-bond acceptors (Lipinski definition) is 10. The molecule has 0 aliphatic carbocycles. The number of benzene rings is 7. The van der Waals surface area contributed by atoms with Crippen LogP contribution in [0.1, 0.15) is 22.3 Å². The Morgan fingerprint density at radius 2 is 0.763 bits per heavy atom. The van der Waals surface area contributed by atoms with E-state index in [9.17, 15) is 53.3 Å². The Kier molecular flexibility index (Phi) is 13.4. The van der Waals surface area contributed by atoms with Crippen molar-refractivity contribution in [3.8, 4) is 78.3 Å². The molecule has 10 rings (SSSR count). The molecule has 0 saturated carbocycles. The van der Waals surface area contributed by atoms with Crippen LogP contribution in [0, 0.1) is 23.3 Å². The van der Waals surface area contributed by atoms with Gasteiger partial charge in [-0.05, 0) is 111 Å². The van der Waals surface area contributed by atoms with Crippen LogP contribution in [0.25, 0.3) is 78.3 Å². The molecule has 76 heavy (non-hydrogen) atoms. The Hall–Kier alpha value is -8.51. The van der Waals surface area contributed by atoms with E-state index in [-0.39, 0.29) is 33.6 Å². The van der Waals surface area contributed by atoms with Crippen molar-refractivity contribution in [3.05, 3.63) is 258 Å². The largest absolute Gasteiger partial charge is 0.389 e. The maximum Gasteiger partial charge on any atom is 0.252 e. The number of hydrogen-bond donors (Lipinski definition) is 7. The summed E-state index contributed by atoms with van der Waals surface area (Å²) < 4.78 is 57.0. The van der Waals surface area contributed by atoms with Crippen LogP contribution in [0.5, 0.6) is 0 Å². The molecular formula is C61H44BF4N3O7. The highest BCUT2D eigenvalue weighted by atomic mass is 19.1. The van der Waals surface area contributed by atoms with Gasteiger partial charge in [0, 0.05) is 69.7 Å². The Morgan fingerprint density at radius 3 is 1.30 bits per heavy atom. The summed E-state index contributed by atoms with van der Waals surface area (Å²) in [6.07, 6.45) is 3.60. The Bertz CT molecular complexity index is 3620. The molecule has 0 fully saturated rings. The molecule has 0 radical (unpaired) electrons. The van der Waals surface area contributed by atoms with Crippen molar-refractivity contribution in [1.82, 2.24) is 15.0 Å². The lowest BCUT2D eigenvalue weighted by Crippen LogP contribution is -2.51. The van der Waals surface area contributed by atoms with E-state index >= 15 is 0 Å². The number of halogens is 4. The van der Waals surface area contributed by atoms with Crippen LogP contribution in [0.3, 0.4) is 0 Å². The highest BCUT2D eigenvalue weighted by Gasteiger charge is 2.53. The fourth-order valence-electron chi connectivity index (χ4n) is 9.18. The Balaban J connectivity index is 1.13. The van der Waals surface area contributed by atoms with Gasteiger partial charge in [-0.1, -0.05) is 115 Å². The average Bonchev–Trinajstić information content (AvgIpc) is 3.45. The molecule has 1 unspecified atom stereocenters. The van der Waals surface area contributed by atoms with Crippen LogP contribution < -0.4 is 0 Å². The fourth-order valence-corrected chi connectivity index (χ4v) is 9.18. The van der Waals surface area contributed by atoms with E-state index in [2.05, 4.69) is 9.97 Å². The molecule has 7 N–H and O–H groups in total. The first-order valence-electron chi connectivity index (χ1n) is 23.7. The van der Waals surface area contributed by atoms with Gasteiger partial charge in [0.05, 0.1) is 17.1 Å². The van der Waals surface area contributed by atoms with Crippen LogP contribution in [0.4, 0.5) is 17.6 Å². The molecule has 0 amide bonds. The first kappa shape index (κ1) is 51.0. The van der Waals surface area contributed by atoms with Gasteiger partial charge < -0.3 is 35.7 Å². The van der Waals surface area contributed by atoms with Gasteiger partial charge in [0.2, 0.25) is 5.79 Å². The minimum Gasteiger partial charge on any atom is -0.389 e. The molecular weight excluding hydrogens is 973 g/mol. The summed E-state index contributed by atoms with van der Waals surface area (Å²) >= 11 is 0. The van der Waals surface area contributed by atoms with E-state index in [1.54, 1.807) is 30.5 Å². The molecule has 0 aliphatic heterocycles. The van der Waals surface area contributed by atoms with Crippen molar-refractivity contribution in [2.24, 2.45) is 0 Å². The number of aliphatic hydroxyl groups is 7. The molecule has 376 valence electrons. The van der Waals surface area contributed by atoms with E-state index in [4.69, 9.17) is 4.98 Å². The van der Waals surface area contributed by atoms with Crippen LogP contribution in [0.15, 0.2) is 213 Å². The first-order valence-corrected chi connectivity index (χ1v) is 23.7. The van der Waals surface area contributed by atoms with Crippen LogP contribution in [0.2, 0.25) is 0 Å². The zero-order chi connectivity index (χ0) is 53.6. The van der Waals surface area contributed by atoms with Gasteiger partial charge in [0.15, 0.2) is 7.85 Å². The molecule has 0 bridgehead atoms. The predicted molar refractivity (Wildman–Crippen MR) is 281 cm³/mol. The Morgan fingerprint density at radius 1 is 0.303 bits per heavy atom. The summed E-state index contributed by atoms with van der Waals surface area (Å²) in [7, 11) is 1.04. The summed E-state index contributed by atoms with van der Waals surface area (Å²) in [6.45, 7) is 0. The molecule has 1 atom stereocenters. The minimum atomic E-state index is -3.74. The van der Waals surface area contributed by atoms with Crippen molar-refractivity contribution in [3.63, 3.8) is 0 Å². The molecule has 0 spiro atoms. The molecule has 15 heteroatoms. The number of aromatic nitrogens is 3. The minimum absolute atomic E-state index is 0.0233. The lowest BCUT2D eigenvalue weighted by molar-refractivity contribution is -0.375. The standard InChI is InChI=1S/C61H44BF4N3O7/c62-58(70,41-19-25-55(67-33-41)49-23-21-45(63)30-53(49)65)59(71,72)43-27-40(28-44(29-43)61(75,76)60(73,74)42-20-26-56(68-34-42)50-24-22-46(64)31-54(50)66)47-13-7-8-14-48(47)52-35-69-57(39-11-5-2-6-12-39)32-51(52)38-17-15-37(16-18-38)36-9-3-1-4-10-36/h1-35,70-76H,62H2. The molecule has 10 aromatic rings. The summed E-state index contributed by atoms with van der Waals surface area (Å²) in [4.78, 5) is 13.2. The number of nitrogens with zero attached hydrogens (tertiary/aromatic N) is 3. The second-order valence-corrected chi connectivity index (χ2v) is 18.5. The smallest absolute Gasteiger partial charge is 0.252 e. The normalized spacial score (nSPS) is 12.8. The predicted octanol–water partition coefficient (Wildman–Crippen LogP) is 9.69. The van der Waals surface area contributed by atoms with E-state index in [1.807, 2.05) is 91.0 Å². The maximum absolute atomic E-state index is 14.8. The summed E-state index contributed by atoms with van der Waals surface area (Å²) in [5.74, 6) is -14.3. The average molecular weight is 1020 g/mol. The monoisotopic (exact) mass is 1020 g/mol. The molecule has 0 saturated heterocycles. The van der Waals surface area contributed by atoms with Crippen LogP contribution in [-0.2, 0) is 22.9 Å². The third-order valence-corrected chi connectivity index (χ3v) is 13.6. The highest BCUT2D eigenvalue weighted by molar-refractivity contribution is 6.15. The van der Waals surface area contributed by atoms with Gasteiger partial charge in [-0.25, -0.2) is 17.6 Å². The quantitative estimate of drug-likeness (QED) is 0.0334. The molecule has 0 aliphatic rings. The van der Waals surface area contributed by atoms with Crippen molar-refractivity contribution in [2.75, 3.05) is 0 Å². The van der Waals surface area contributed by atoms with Crippen molar-refractivity contribution in [2.45, 2.75) is 22.9 Å².